The third-order valence-corrected chi connectivity index (χ3v) is 1.86. The summed E-state index contributed by atoms with van der Waals surface area (Å²) in [5.74, 6) is -1.26. The van der Waals surface area contributed by atoms with Crippen LogP contribution in [0.15, 0.2) is 6.07 Å². The second-order valence-corrected chi connectivity index (χ2v) is 2.83. The minimum Gasteiger partial charge on any atom is -0.506 e. The average molecular weight is 227 g/mol. The molecule has 0 saturated heterocycles. The molecule has 0 amide bonds. The molecule has 0 aliphatic carbocycles. The van der Waals surface area contributed by atoms with Crippen LogP contribution in [0.1, 0.15) is 16.7 Å². The van der Waals surface area contributed by atoms with E-state index in [1.54, 1.807) is 0 Å². The van der Waals surface area contributed by atoms with Gasteiger partial charge >= 0.3 is 6.18 Å². The number of rotatable bonds is 0. The third kappa shape index (κ3) is 1.71. The van der Waals surface area contributed by atoms with Gasteiger partial charge in [0, 0.05) is 0 Å². The van der Waals surface area contributed by atoms with Crippen LogP contribution in [0.3, 0.4) is 0 Å². The Morgan fingerprint density at radius 1 is 1.19 bits per heavy atom. The fourth-order valence-electron chi connectivity index (χ4n) is 1.15. The van der Waals surface area contributed by atoms with Crippen molar-refractivity contribution in [1.29, 1.82) is 10.5 Å². The molecule has 0 aromatic heterocycles. The molecule has 7 heteroatoms. The number of hydrogen-bond acceptors (Lipinski definition) is 4. The molecule has 0 aliphatic rings. The van der Waals surface area contributed by atoms with Crippen LogP contribution in [0, 0.1) is 22.7 Å². The maximum atomic E-state index is 12.5. The Morgan fingerprint density at radius 3 is 2.06 bits per heavy atom. The summed E-state index contributed by atoms with van der Waals surface area (Å²) in [7, 11) is 0. The first-order chi connectivity index (χ1) is 7.32. The molecule has 0 bridgehead atoms. The zero-order chi connectivity index (χ0) is 12.5. The summed E-state index contributed by atoms with van der Waals surface area (Å²) in [6.07, 6.45) is -4.92. The van der Waals surface area contributed by atoms with Crippen LogP contribution in [-0.4, -0.2) is 5.11 Å². The fourth-order valence-corrected chi connectivity index (χ4v) is 1.15. The van der Waals surface area contributed by atoms with Crippen molar-refractivity contribution >= 4 is 5.69 Å². The second kappa shape index (κ2) is 3.63. The normalized spacial score (nSPS) is 10.6. The van der Waals surface area contributed by atoms with Crippen LogP contribution < -0.4 is 5.73 Å². The molecule has 0 spiro atoms. The molecule has 3 N–H and O–H groups in total. The third-order valence-electron chi connectivity index (χ3n) is 1.86. The molecule has 1 rings (SSSR count). The predicted octanol–water partition coefficient (Wildman–Crippen LogP) is 1.74. The number of alkyl halides is 3. The number of nitrogens with two attached hydrogens (primary N) is 1. The topological polar surface area (TPSA) is 93.8 Å². The maximum absolute atomic E-state index is 12.5. The molecule has 0 heterocycles. The zero-order valence-corrected chi connectivity index (χ0v) is 7.63. The molecular weight excluding hydrogens is 223 g/mol. The van der Waals surface area contributed by atoms with E-state index in [0.29, 0.717) is 0 Å². The molecule has 0 saturated carbocycles. The molecule has 1 aromatic carbocycles. The van der Waals surface area contributed by atoms with E-state index in [-0.39, 0.29) is 0 Å². The van der Waals surface area contributed by atoms with Crippen molar-refractivity contribution in [3.05, 3.63) is 22.8 Å². The average Bonchev–Trinajstić information content (AvgIpc) is 2.16. The number of aromatic hydroxyl groups is 1. The highest BCUT2D eigenvalue weighted by Crippen LogP contribution is 2.42. The Balaban J connectivity index is 3.74. The Morgan fingerprint density at radius 2 is 1.69 bits per heavy atom. The van der Waals surface area contributed by atoms with E-state index in [2.05, 4.69) is 0 Å². The first-order valence-corrected chi connectivity index (χ1v) is 3.85. The quantitative estimate of drug-likeness (QED) is 0.660. The molecule has 82 valence electrons. The van der Waals surface area contributed by atoms with Gasteiger partial charge in [-0.3, -0.25) is 0 Å². The van der Waals surface area contributed by atoms with E-state index in [1.165, 1.54) is 12.1 Å². The molecule has 1 aromatic rings. The van der Waals surface area contributed by atoms with E-state index < -0.39 is 34.3 Å². The summed E-state index contributed by atoms with van der Waals surface area (Å²) >= 11 is 0. The summed E-state index contributed by atoms with van der Waals surface area (Å²) < 4.78 is 37.5. The summed E-state index contributed by atoms with van der Waals surface area (Å²) in [5, 5.41) is 26.2. The SMILES string of the molecule is N#Cc1cc(C#N)c(O)c(C(F)(F)F)c1N. The van der Waals surface area contributed by atoms with Crippen molar-refractivity contribution in [3.63, 3.8) is 0 Å². The number of halogens is 3. The van der Waals surface area contributed by atoms with Gasteiger partial charge in [-0.25, -0.2) is 0 Å². The van der Waals surface area contributed by atoms with E-state index in [1.807, 2.05) is 0 Å². The van der Waals surface area contributed by atoms with Gasteiger partial charge in [0.05, 0.1) is 16.8 Å². The number of nitriles is 2. The van der Waals surface area contributed by atoms with Gasteiger partial charge in [-0.15, -0.1) is 0 Å². The molecule has 0 radical (unpaired) electrons. The van der Waals surface area contributed by atoms with E-state index in [4.69, 9.17) is 16.3 Å². The lowest BCUT2D eigenvalue weighted by molar-refractivity contribution is -0.138. The summed E-state index contributed by atoms with van der Waals surface area (Å²) in [4.78, 5) is 0. The van der Waals surface area contributed by atoms with Crippen LogP contribution in [-0.2, 0) is 6.18 Å². The lowest BCUT2D eigenvalue weighted by Crippen LogP contribution is -2.11. The lowest BCUT2D eigenvalue weighted by Gasteiger charge is -2.13. The van der Waals surface area contributed by atoms with Gasteiger partial charge in [0.25, 0.3) is 0 Å². The van der Waals surface area contributed by atoms with Gasteiger partial charge in [0.2, 0.25) is 0 Å². The number of phenols is 1. The number of benzene rings is 1. The number of nitrogens with zero attached hydrogens (tertiary/aromatic N) is 2. The van der Waals surface area contributed by atoms with Gasteiger partial charge in [0.15, 0.2) is 0 Å². The van der Waals surface area contributed by atoms with E-state index >= 15 is 0 Å². The first kappa shape index (κ1) is 11.7. The molecular formula is C9H4F3N3O. The van der Waals surface area contributed by atoms with E-state index in [0.717, 1.165) is 6.07 Å². The molecule has 16 heavy (non-hydrogen) atoms. The maximum Gasteiger partial charge on any atom is 0.422 e. The van der Waals surface area contributed by atoms with Gasteiger partial charge in [-0.2, -0.15) is 23.7 Å². The summed E-state index contributed by atoms with van der Waals surface area (Å²) in [6, 6.07) is 3.58. The molecule has 0 atom stereocenters. The Hall–Kier alpha value is -2.41. The van der Waals surface area contributed by atoms with Crippen molar-refractivity contribution in [2.24, 2.45) is 0 Å². The standard InChI is InChI=1S/C9H4F3N3O/c10-9(11,12)6-7(15)4(2-13)1-5(3-14)8(6)16/h1,16H,15H2. The summed E-state index contributed by atoms with van der Waals surface area (Å²) in [6.45, 7) is 0. The highest BCUT2D eigenvalue weighted by Gasteiger charge is 2.38. The number of phenolic OH excluding ortho intramolecular Hbond substituents is 1. The Bertz CT molecular complexity index is 485. The summed E-state index contributed by atoms with van der Waals surface area (Å²) in [5.41, 5.74) is 1.52. The Labute approximate surface area is 87.9 Å². The van der Waals surface area contributed by atoms with Crippen LogP contribution >= 0.6 is 0 Å². The van der Waals surface area contributed by atoms with Crippen molar-refractivity contribution in [2.45, 2.75) is 6.18 Å². The van der Waals surface area contributed by atoms with Crippen molar-refractivity contribution in [2.75, 3.05) is 5.73 Å². The minimum atomic E-state index is -4.92. The smallest absolute Gasteiger partial charge is 0.422 e. The predicted molar refractivity (Wildman–Crippen MR) is 47.0 cm³/mol. The molecule has 0 unspecified atom stereocenters. The zero-order valence-electron chi connectivity index (χ0n) is 7.63. The van der Waals surface area contributed by atoms with Crippen molar-refractivity contribution in [1.82, 2.24) is 0 Å². The largest absolute Gasteiger partial charge is 0.506 e. The number of nitrogen functional groups attached to an aromatic ring is 1. The molecule has 0 aliphatic heterocycles. The van der Waals surface area contributed by atoms with Gasteiger partial charge in [-0.05, 0) is 6.07 Å². The van der Waals surface area contributed by atoms with Gasteiger partial charge < -0.3 is 10.8 Å². The fraction of sp³-hybridized carbons (Fsp3) is 0.111. The molecule has 4 nitrogen and oxygen atoms in total. The monoisotopic (exact) mass is 227 g/mol. The van der Waals surface area contributed by atoms with Crippen LogP contribution in [0.2, 0.25) is 0 Å². The van der Waals surface area contributed by atoms with Gasteiger partial charge in [-0.1, -0.05) is 0 Å². The minimum absolute atomic E-state index is 0.498. The van der Waals surface area contributed by atoms with Crippen LogP contribution in [0.25, 0.3) is 0 Å². The van der Waals surface area contributed by atoms with Gasteiger partial charge in [0.1, 0.15) is 23.5 Å². The van der Waals surface area contributed by atoms with Crippen molar-refractivity contribution in [3.8, 4) is 17.9 Å². The lowest BCUT2D eigenvalue weighted by atomic mass is 10.0. The highest BCUT2D eigenvalue weighted by atomic mass is 19.4. The highest BCUT2D eigenvalue weighted by molar-refractivity contribution is 5.69. The number of anilines is 1. The van der Waals surface area contributed by atoms with Crippen LogP contribution in [0.5, 0.6) is 5.75 Å². The second-order valence-electron chi connectivity index (χ2n) is 2.83. The number of hydrogen-bond donors (Lipinski definition) is 2. The Kier molecular flexibility index (Phi) is 2.64. The molecule has 0 fully saturated rings. The van der Waals surface area contributed by atoms with Crippen LogP contribution in [0.4, 0.5) is 18.9 Å². The first-order valence-electron chi connectivity index (χ1n) is 3.85. The van der Waals surface area contributed by atoms with E-state index in [9.17, 15) is 18.3 Å². The van der Waals surface area contributed by atoms with Crippen molar-refractivity contribution < 1.29 is 18.3 Å².